The molecule has 16 heavy (non-hydrogen) atoms. The predicted octanol–water partition coefficient (Wildman–Crippen LogP) is 1.16. The van der Waals surface area contributed by atoms with Gasteiger partial charge in [-0.05, 0) is 33.1 Å². The molecule has 0 saturated carbocycles. The second-order valence-corrected chi connectivity index (χ2v) is 5.18. The smallest absolute Gasteiger partial charge is 0.140 e. The van der Waals surface area contributed by atoms with Crippen LogP contribution < -0.4 is 5.32 Å². The summed E-state index contributed by atoms with van der Waals surface area (Å²) in [6, 6.07) is 0.976. The molecule has 0 amide bonds. The van der Waals surface area contributed by atoms with Crippen LogP contribution in [0.3, 0.4) is 0 Å². The molecule has 1 aromatic rings. The van der Waals surface area contributed by atoms with Crippen molar-refractivity contribution >= 4 is 0 Å². The Bertz CT molecular complexity index is 359. The number of hydrogen-bond donors (Lipinski definition) is 2. The van der Waals surface area contributed by atoms with Gasteiger partial charge in [0.15, 0.2) is 0 Å². The van der Waals surface area contributed by atoms with Gasteiger partial charge in [-0.2, -0.15) is 0 Å². The van der Waals surface area contributed by atoms with Gasteiger partial charge in [-0.25, -0.2) is 4.98 Å². The van der Waals surface area contributed by atoms with E-state index in [0.717, 1.165) is 18.7 Å². The van der Waals surface area contributed by atoms with Gasteiger partial charge in [-0.3, -0.25) is 0 Å². The van der Waals surface area contributed by atoms with Crippen LogP contribution in [0, 0.1) is 0 Å². The third-order valence-electron chi connectivity index (χ3n) is 3.42. The van der Waals surface area contributed by atoms with Crippen molar-refractivity contribution in [3.63, 3.8) is 0 Å². The molecule has 1 saturated heterocycles. The topological polar surface area (TPSA) is 50.1 Å². The molecule has 2 heterocycles. The predicted molar refractivity (Wildman–Crippen MR) is 63.0 cm³/mol. The van der Waals surface area contributed by atoms with E-state index in [0.29, 0.717) is 12.1 Å². The van der Waals surface area contributed by atoms with Crippen molar-refractivity contribution in [2.45, 2.75) is 50.8 Å². The fourth-order valence-electron chi connectivity index (χ4n) is 2.64. The van der Waals surface area contributed by atoms with Gasteiger partial charge in [0.25, 0.3) is 0 Å². The first-order chi connectivity index (χ1) is 7.49. The average Bonchev–Trinajstić information content (AvgIpc) is 2.74. The van der Waals surface area contributed by atoms with Crippen LogP contribution in [0.1, 0.15) is 38.9 Å². The van der Waals surface area contributed by atoms with E-state index < -0.39 is 5.60 Å². The molecule has 1 aliphatic rings. The molecule has 2 rings (SSSR count). The minimum atomic E-state index is -0.847. The van der Waals surface area contributed by atoms with Crippen molar-refractivity contribution in [3.8, 4) is 0 Å². The lowest BCUT2D eigenvalue weighted by molar-refractivity contribution is 0.0266. The summed E-state index contributed by atoms with van der Waals surface area (Å²) in [6.07, 6.45) is 6.66. The molecule has 4 nitrogen and oxygen atoms in total. The summed E-state index contributed by atoms with van der Waals surface area (Å²) in [5.41, 5.74) is -0.847. The van der Waals surface area contributed by atoms with E-state index in [1.807, 2.05) is 24.7 Å². The van der Waals surface area contributed by atoms with Crippen LogP contribution in [0.15, 0.2) is 12.4 Å². The van der Waals surface area contributed by atoms with E-state index in [1.54, 1.807) is 6.20 Å². The lowest BCUT2D eigenvalue weighted by Crippen LogP contribution is -2.36. The van der Waals surface area contributed by atoms with Crippen molar-refractivity contribution in [2.75, 3.05) is 0 Å². The molecule has 3 unspecified atom stereocenters. The highest BCUT2D eigenvalue weighted by atomic mass is 16.3. The number of rotatable bonds is 3. The Hall–Kier alpha value is -0.870. The third kappa shape index (κ3) is 2.28. The highest BCUT2D eigenvalue weighted by molar-refractivity contribution is 5.04. The van der Waals surface area contributed by atoms with Crippen LogP contribution in [0.25, 0.3) is 0 Å². The number of nitrogens with zero attached hydrogens (tertiary/aromatic N) is 2. The molecule has 1 fully saturated rings. The Labute approximate surface area is 96.7 Å². The standard InChI is InChI=1S/C12H21N3O/c1-9-4-5-10(14-9)8-12(2,16)11-13-6-7-15(11)3/h6-7,9-10,14,16H,4-5,8H2,1-3H3. The highest BCUT2D eigenvalue weighted by Crippen LogP contribution is 2.28. The average molecular weight is 223 g/mol. The monoisotopic (exact) mass is 223 g/mol. The van der Waals surface area contributed by atoms with E-state index in [2.05, 4.69) is 17.2 Å². The largest absolute Gasteiger partial charge is 0.382 e. The fourth-order valence-corrected chi connectivity index (χ4v) is 2.64. The van der Waals surface area contributed by atoms with E-state index in [-0.39, 0.29) is 0 Å². The van der Waals surface area contributed by atoms with Gasteiger partial charge in [-0.1, -0.05) is 0 Å². The first kappa shape index (κ1) is 11.6. The van der Waals surface area contributed by atoms with E-state index in [9.17, 15) is 5.11 Å². The van der Waals surface area contributed by atoms with Crippen LogP contribution in [0.5, 0.6) is 0 Å². The molecule has 0 aromatic carbocycles. The normalized spacial score (nSPS) is 29.2. The maximum absolute atomic E-state index is 10.5. The third-order valence-corrected chi connectivity index (χ3v) is 3.42. The number of hydrogen-bond acceptors (Lipinski definition) is 3. The zero-order valence-electron chi connectivity index (χ0n) is 10.3. The Morgan fingerprint density at radius 1 is 1.62 bits per heavy atom. The molecular weight excluding hydrogens is 202 g/mol. The summed E-state index contributed by atoms with van der Waals surface area (Å²) >= 11 is 0. The van der Waals surface area contributed by atoms with Gasteiger partial charge in [-0.15, -0.1) is 0 Å². The van der Waals surface area contributed by atoms with Gasteiger partial charge >= 0.3 is 0 Å². The van der Waals surface area contributed by atoms with Crippen molar-refractivity contribution in [3.05, 3.63) is 18.2 Å². The van der Waals surface area contributed by atoms with Crippen molar-refractivity contribution < 1.29 is 5.11 Å². The quantitative estimate of drug-likeness (QED) is 0.808. The number of aliphatic hydroxyl groups is 1. The Morgan fingerprint density at radius 2 is 2.38 bits per heavy atom. The fraction of sp³-hybridized carbons (Fsp3) is 0.750. The Kier molecular flexibility index (Phi) is 3.04. The first-order valence-electron chi connectivity index (χ1n) is 5.95. The number of nitrogens with one attached hydrogen (secondary N) is 1. The van der Waals surface area contributed by atoms with Gasteiger partial charge in [0, 0.05) is 31.5 Å². The first-order valence-corrected chi connectivity index (χ1v) is 5.95. The summed E-state index contributed by atoms with van der Waals surface area (Å²) in [6.45, 7) is 4.04. The summed E-state index contributed by atoms with van der Waals surface area (Å²) in [4.78, 5) is 4.23. The minimum absolute atomic E-state index is 0.404. The summed E-state index contributed by atoms with van der Waals surface area (Å²) in [7, 11) is 1.92. The molecule has 2 N–H and O–H groups in total. The molecule has 4 heteroatoms. The number of imidazole rings is 1. The van der Waals surface area contributed by atoms with Gasteiger partial charge in [0.2, 0.25) is 0 Å². The maximum atomic E-state index is 10.5. The molecular formula is C12H21N3O. The summed E-state index contributed by atoms with van der Waals surface area (Å²) < 4.78 is 1.89. The minimum Gasteiger partial charge on any atom is -0.382 e. The highest BCUT2D eigenvalue weighted by Gasteiger charge is 2.33. The van der Waals surface area contributed by atoms with Crippen LogP contribution in [0.4, 0.5) is 0 Å². The van der Waals surface area contributed by atoms with Crippen LogP contribution in [-0.4, -0.2) is 26.7 Å². The molecule has 0 aliphatic carbocycles. The Balaban J connectivity index is 2.05. The molecule has 90 valence electrons. The Morgan fingerprint density at radius 3 is 2.88 bits per heavy atom. The van der Waals surface area contributed by atoms with Crippen molar-refractivity contribution in [2.24, 2.45) is 7.05 Å². The van der Waals surface area contributed by atoms with E-state index >= 15 is 0 Å². The van der Waals surface area contributed by atoms with Gasteiger partial charge in [0.05, 0.1) is 0 Å². The lowest BCUT2D eigenvalue weighted by Gasteiger charge is -2.26. The molecule has 0 spiro atoms. The van der Waals surface area contributed by atoms with Gasteiger partial charge < -0.3 is 15.0 Å². The van der Waals surface area contributed by atoms with Crippen molar-refractivity contribution in [1.82, 2.24) is 14.9 Å². The second kappa shape index (κ2) is 4.18. The molecule has 3 atom stereocenters. The maximum Gasteiger partial charge on any atom is 0.140 e. The van der Waals surface area contributed by atoms with Crippen molar-refractivity contribution in [1.29, 1.82) is 0 Å². The number of aryl methyl sites for hydroxylation is 1. The number of aromatic nitrogens is 2. The van der Waals surface area contributed by atoms with Crippen LogP contribution in [-0.2, 0) is 12.6 Å². The van der Waals surface area contributed by atoms with E-state index in [1.165, 1.54) is 6.42 Å². The molecule has 0 radical (unpaired) electrons. The van der Waals surface area contributed by atoms with Gasteiger partial charge in [0.1, 0.15) is 11.4 Å². The molecule has 1 aliphatic heterocycles. The summed E-state index contributed by atoms with van der Waals surface area (Å²) in [5, 5.41) is 14.0. The zero-order valence-corrected chi connectivity index (χ0v) is 10.3. The summed E-state index contributed by atoms with van der Waals surface area (Å²) in [5.74, 6) is 0.744. The van der Waals surface area contributed by atoms with E-state index in [4.69, 9.17) is 0 Å². The van der Waals surface area contributed by atoms with Crippen LogP contribution >= 0.6 is 0 Å². The lowest BCUT2D eigenvalue weighted by atomic mass is 9.95. The molecule has 0 bridgehead atoms. The van der Waals surface area contributed by atoms with Crippen LogP contribution in [0.2, 0.25) is 0 Å². The molecule has 1 aromatic heterocycles. The SMILES string of the molecule is CC1CCC(CC(C)(O)c2nccn2C)N1. The zero-order chi connectivity index (χ0) is 11.8. The second-order valence-electron chi connectivity index (χ2n) is 5.18.